The Kier molecular flexibility index (Phi) is 6.57. The molecule has 0 fully saturated rings. The van der Waals surface area contributed by atoms with E-state index in [1.807, 2.05) is 41.2 Å². The van der Waals surface area contributed by atoms with E-state index in [9.17, 15) is 4.79 Å². The third-order valence-corrected chi connectivity index (χ3v) is 4.13. The van der Waals surface area contributed by atoms with Gasteiger partial charge in [0.05, 0.1) is 18.8 Å². The summed E-state index contributed by atoms with van der Waals surface area (Å²) < 4.78 is 7.43. The Morgan fingerprint density at radius 1 is 1.11 bits per heavy atom. The van der Waals surface area contributed by atoms with E-state index in [4.69, 9.17) is 4.74 Å². The van der Waals surface area contributed by atoms with Crippen molar-refractivity contribution in [3.05, 3.63) is 66.6 Å². The Bertz CT molecular complexity index is 844. The Balaban J connectivity index is 1.46. The van der Waals surface area contributed by atoms with Crippen LogP contribution in [0, 0.1) is 0 Å². The van der Waals surface area contributed by atoms with Crippen molar-refractivity contribution in [2.24, 2.45) is 0 Å². The van der Waals surface area contributed by atoms with Crippen LogP contribution >= 0.6 is 0 Å². The first-order chi connectivity index (χ1) is 13.3. The fraction of sp³-hybridized carbons (Fsp3) is 0.286. The van der Waals surface area contributed by atoms with Gasteiger partial charge in [-0.05, 0) is 48.9 Å². The van der Waals surface area contributed by atoms with E-state index in [-0.39, 0.29) is 5.91 Å². The molecule has 0 saturated heterocycles. The molecule has 0 saturated carbocycles. The second kappa shape index (κ2) is 9.52. The molecule has 0 radical (unpaired) electrons. The SMILES string of the molecule is CCCCOc1ccc(C(=O)NCCn2ccc(-c3ccncc3)n2)cc1. The highest BCUT2D eigenvalue weighted by atomic mass is 16.5. The maximum Gasteiger partial charge on any atom is 0.251 e. The first-order valence-corrected chi connectivity index (χ1v) is 9.21. The average molecular weight is 364 g/mol. The molecule has 0 aliphatic carbocycles. The zero-order valence-corrected chi connectivity index (χ0v) is 15.5. The van der Waals surface area contributed by atoms with Gasteiger partial charge in [0.2, 0.25) is 0 Å². The number of aromatic nitrogens is 3. The highest BCUT2D eigenvalue weighted by Crippen LogP contribution is 2.15. The molecular weight excluding hydrogens is 340 g/mol. The van der Waals surface area contributed by atoms with Gasteiger partial charge in [0.25, 0.3) is 5.91 Å². The van der Waals surface area contributed by atoms with Crippen LogP contribution in [0.1, 0.15) is 30.1 Å². The fourth-order valence-corrected chi connectivity index (χ4v) is 2.59. The van der Waals surface area contributed by atoms with Crippen LogP contribution in [-0.4, -0.2) is 33.8 Å². The average Bonchev–Trinajstić information content (AvgIpc) is 3.18. The largest absolute Gasteiger partial charge is 0.494 e. The number of hydrogen-bond donors (Lipinski definition) is 1. The van der Waals surface area contributed by atoms with Gasteiger partial charge in [-0.25, -0.2) is 0 Å². The molecular formula is C21H24N4O2. The summed E-state index contributed by atoms with van der Waals surface area (Å²) in [6, 6.07) is 13.0. The summed E-state index contributed by atoms with van der Waals surface area (Å²) in [5.74, 6) is 0.691. The van der Waals surface area contributed by atoms with Crippen molar-refractivity contribution in [1.82, 2.24) is 20.1 Å². The van der Waals surface area contributed by atoms with Gasteiger partial charge in [-0.3, -0.25) is 14.5 Å². The van der Waals surface area contributed by atoms with Gasteiger partial charge in [0.1, 0.15) is 5.75 Å². The van der Waals surface area contributed by atoms with Gasteiger partial charge in [-0.15, -0.1) is 0 Å². The quantitative estimate of drug-likeness (QED) is 0.590. The van der Waals surface area contributed by atoms with E-state index in [1.165, 1.54) is 0 Å². The Morgan fingerprint density at radius 2 is 1.89 bits per heavy atom. The van der Waals surface area contributed by atoms with Crippen LogP contribution in [0.3, 0.4) is 0 Å². The first kappa shape index (κ1) is 18.6. The molecule has 140 valence electrons. The number of pyridine rings is 1. The van der Waals surface area contributed by atoms with Crippen molar-refractivity contribution >= 4 is 5.91 Å². The Hall–Kier alpha value is -3.15. The molecule has 2 heterocycles. The van der Waals surface area contributed by atoms with Crippen LogP contribution in [0.25, 0.3) is 11.3 Å². The van der Waals surface area contributed by atoms with E-state index < -0.39 is 0 Å². The van der Waals surface area contributed by atoms with Crippen LogP contribution in [0.15, 0.2) is 61.1 Å². The second-order valence-corrected chi connectivity index (χ2v) is 6.18. The van der Waals surface area contributed by atoms with E-state index in [1.54, 1.807) is 24.5 Å². The number of unbranched alkanes of at least 4 members (excludes halogenated alkanes) is 1. The number of rotatable bonds is 9. The Morgan fingerprint density at radius 3 is 2.63 bits per heavy atom. The predicted molar refractivity (Wildman–Crippen MR) is 105 cm³/mol. The van der Waals surface area contributed by atoms with Gasteiger partial charge >= 0.3 is 0 Å². The summed E-state index contributed by atoms with van der Waals surface area (Å²) in [4.78, 5) is 16.3. The van der Waals surface area contributed by atoms with Crippen molar-refractivity contribution in [3.63, 3.8) is 0 Å². The summed E-state index contributed by atoms with van der Waals surface area (Å²) >= 11 is 0. The van der Waals surface area contributed by atoms with Crippen molar-refractivity contribution in [2.75, 3.05) is 13.2 Å². The highest BCUT2D eigenvalue weighted by Gasteiger charge is 2.06. The molecule has 2 aromatic heterocycles. The molecule has 1 aromatic carbocycles. The molecule has 1 amide bonds. The lowest BCUT2D eigenvalue weighted by Gasteiger charge is -2.08. The van der Waals surface area contributed by atoms with Crippen LogP contribution in [0.4, 0.5) is 0 Å². The van der Waals surface area contributed by atoms with Crippen molar-refractivity contribution in [2.45, 2.75) is 26.3 Å². The third-order valence-electron chi connectivity index (χ3n) is 4.13. The van der Waals surface area contributed by atoms with Gasteiger partial charge in [-0.2, -0.15) is 5.10 Å². The van der Waals surface area contributed by atoms with Crippen molar-refractivity contribution in [1.29, 1.82) is 0 Å². The zero-order chi connectivity index (χ0) is 18.9. The minimum absolute atomic E-state index is 0.100. The van der Waals surface area contributed by atoms with E-state index >= 15 is 0 Å². The van der Waals surface area contributed by atoms with Gasteiger partial charge in [0.15, 0.2) is 0 Å². The number of carbonyl (C=O) groups excluding carboxylic acids is 1. The Labute approximate surface area is 159 Å². The summed E-state index contributed by atoms with van der Waals surface area (Å²) in [5, 5.41) is 7.44. The second-order valence-electron chi connectivity index (χ2n) is 6.18. The van der Waals surface area contributed by atoms with Gasteiger partial charge < -0.3 is 10.1 Å². The van der Waals surface area contributed by atoms with Crippen molar-refractivity contribution < 1.29 is 9.53 Å². The topological polar surface area (TPSA) is 69.0 Å². The number of nitrogens with one attached hydrogen (secondary N) is 1. The molecule has 3 aromatic rings. The van der Waals surface area contributed by atoms with E-state index in [0.29, 0.717) is 25.3 Å². The van der Waals surface area contributed by atoms with Crippen LogP contribution < -0.4 is 10.1 Å². The molecule has 0 spiro atoms. The minimum atomic E-state index is -0.100. The first-order valence-electron chi connectivity index (χ1n) is 9.21. The summed E-state index contributed by atoms with van der Waals surface area (Å²) in [6.07, 6.45) is 7.52. The molecule has 0 unspecified atom stereocenters. The van der Waals surface area contributed by atoms with E-state index in [2.05, 4.69) is 22.3 Å². The number of benzene rings is 1. The summed E-state index contributed by atoms with van der Waals surface area (Å²) in [6.45, 7) is 3.94. The highest BCUT2D eigenvalue weighted by molar-refractivity contribution is 5.94. The maximum atomic E-state index is 12.2. The summed E-state index contributed by atoms with van der Waals surface area (Å²) in [5.41, 5.74) is 2.53. The van der Waals surface area contributed by atoms with Crippen LogP contribution in [-0.2, 0) is 6.54 Å². The molecule has 1 N–H and O–H groups in total. The van der Waals surface area contributed by atoms with E-state index in [0.717, 1.165) is 29.8 Å². The molecule has 6 nitrogen and oxygen atoms in total. The lowest BCUT2D eigenvalue weighted by molar-refractivity contribution is 0.0952. The standard InChI is InChI=1S/C21H24N4O2/c1-2-3-16-27-19-6-4-18(5-7-19)21(26)23-13-15-25-14-10-20(24-25)17-8-11-22-12-9-17/h4-12,14H,2-3,13,15-16H2,1H3,(H,23,26). The summed E-state index contributed by atoms with van der Waals surface area (Å²) in [7, 11) is 0. The zero-order valence-electron chi connectivity index (χ0n) is 15.5. The number of ether oxygens (including phenoxy) is 1. The molecule has 27 heavy (non-hydrogen) atoms. The molecule has 0 bridgehead atoms. The number of nitrogens with zero attached hydrogens (tertiary/aromatic N) is 3. The molecule has 0 aliphatic rings. The molecule has 0 atom stereocenters. The van der Waals surface area contributed by atoms with Crippen LogP contribution in [0.5, 0.6) is 5.75 Å². The third kappa shape index (κ3) is 5.41. The van der Waals surface area contributed by atoms with Crippen molar-refractivity contribution in [3.8, 4) is 17.0 Å². The fourth-order valence-electron chi connectivity index (χ4n) is 2.59. The monoisotopic (exact) mass is 364 g/mol. The molecule has 3 rings (SSSR count). The maximum absolute atomic E-state index is 12.2. The van der Waals surface area contributed by atoms with Gasteiger partial charge in [-0.1, -0.05) is 13.3 Å². The number of hydrogen-bond acceptors (Lipinski definition) is 4. The smallest absolute Gasteiger partial charge is 0.251 e. The number of carbonyl (C=O) groups is 1. The minimum Gasteiger partial charge on any atom is -0.494 e. The predicted octanol–water partition coefficient (Wildman–Crippen LogP) is 3.55. The lowest BCUT2D eigenvalue weighted by Crippen LogP contribution is -2.27. The lowest BCUT2D eigenvalue weighted by atomic mass is 10.2. The van der Waals surface area contributed by atoms with Crippen LogP contribution in [0.2, 0.25) is 0 Å². The number of amides is 1. The molecule has 6 heteroatoms. The normalized spacial score (nSPS) is 10.6. The molecule has 0 aliphatic heterocycles. The van der Waals surface area contributed by atoms with Gasteiger partial charge in [0, 0.05) is 36.3 Å².